The van der Waals surface area contributed by atoms with E-state index in [0.29, 0.717) is 37.9 Å². The first-order chi connectivity index (χ1) is 13.6. The van der Waals surface area contributed by atoms with Crippen molar-refractivity contribution in [2.75, 3.05) is 26.3 Å². The van der Waals surface area contributed by atoms with E-state index in [9.17, 15) is 0 Å². The van der Waals surface area contributed by atoms with E-state index < -0.39 is 0 Å². The first kappa shape index (κ1) is 21.5. The van der Waals surface area contributed by atoms with Crippen LogP contribution in [0.4, 0.5) is 0 Å². The lowest BCUT2D eigenvalue weighted by Crippen LogP contribution is -2.38. The summed E-state index contributed by atoms with van der Waals surface area (Å²) in [4.78, 5) is 8.80. The molecule has 0 saturated heterocycles. The van der Waals surface area contributed by atoms with E-state index in [-0.39, 0.29) is 6.04 Å². The highest BCUT2D eigenvalue weighted by molar-refractivity contribution is 5.80. The first-order valence-corrected chi connectivity index (χ1v) is 9.80. The van der Waals surface area contributed by atoms with Crippen LogP contribution in [0.2, 0.25) is 0 Å². The molecule has 2 N–H and O–H groups in total. The summed E-state index contributed by atoms with van der Waals surface area (Å²) < 4.78 is 16.5. The molecule has 2 aromatic rings. The van der Waals surface area contributed by atoms with Gasteiger partial charge in [-0.15, -0.1) is 0 Å². The van der Waals surface area contributed by atoms with Crippen molar-refractivity contribution in [1.82, 2.24) is 20.8 Å². The van der Waals surface area contributed by atoms with Crippen molar-refractivity contribution >= 4 is 5.96 Å². The molecule has 0 saturated carbocycles. The molecule has 0 bridgehead atoms. The minimum absolute atomic E-state index is 0.0401. The van der Waals surface area contributed by atoms with Crippen molar-refractivity contribution in [1.29, 1.82) is 0 Å². The summed E-state index contributed by atoms with van der Waals surface area (Å²) in [6, 6.07) is 6.04. The van der Waals surface area contributed by atoms with E-state index in [4.69, 9.17) is 14.0 Å². The van der Waals surface area contributed by atoms with Crippen molar-refractivity contribution in [3.8, 4) is 11.5 Å². The minimum atomic E-state index is 0.0401. The van der Waals surface area contributed by atoms with E-state index >= 15 is 0 Å². The van der Waals surface area contributed by atoms with Crippen molar-refractivity contribution in [3.63, 3.8) is 0 Å². The maximum absolute atomic E-state index is 5.73. The molecule has 1 atom stereocenters. The summed E-state index contributed by atoms with van der Waals surface area (Å²) in [6.45, 7) is 12.4. The van der Waals surface area contributed by atoms with Gasteiger partial charge in [0.1, 0.15) is 0 Å². The van der Waals surface area contributed by atoms with Crippen molar-refractivity contribution in [2.45, 2.75) is 47.1 Å². The van der Waals surface area contributed by atoms with Crippen molar-refractivity contribution in [2.24, 2.45) is 4.99 Å². The fraction of sp³-hybridized carbons (Fsp3) is 0.550. The van der Waals surface area contributed by atoms with Crippen LogP contribution in [-0.4, -0.2) is 42.4 Å². The Balaban J connectivity index is 2.04. The predicted molar refractivity (Wildman–Crippen MR) is 109 cm³/mol. The zero-order valence-electron chi connectivity index (χ0n) is 17.4. The third kappa shape index (κ3) is 6.44. The number of guanidine groups is 1. The molecule has 2 rings (SSSR count). The number of aliphatic imine (C=N–C) groups is 1. The summed E-state index contributed by atoms with van der Waals surface area (Å²) in [5.41, 5.74) is 1.09. The van der Waals surface area contributed by atoms with Crippen LogP contribution in [0, 0.1) is 6.92 Å². The van der Waals surface area contributed by atoms with E-state index in [1.807, 2.05) is 39.0 Å². The third-order valence-corrected chi connectivity index (χ3v) is 3.93. The lowest BCUT2D eigenvalue weighted by Gasteiger charge is -2.20. The van der Waals surface area contributed by atoms with Crippen LogP contribution in [-0.2, 0) is 6.42 Å². The van der Waals surface area contributed by atoms with E-state index in [0.717, 1.165) is 29.6 Å². The maximum Gasteiger partial charge on any atom is 0.228 e. The zero-order chi connectivity index (χ0) is 20.4. The standard InChI is InChI=1S/C20H31N5O3/c1-6-21-20(22-12-11-19-24-15(5)25-28-19)23-14(4)16-9-10-17(26-7-2)18(13-16)27-8-3/h9-10,13-14H,6-8,11-12H2,1-5H3,(H2,21,22,23). The molecule has 0 amide bonds. The molecular weight excluding hydrogens is 358 g/mol. The molecule has 0 aliphatic heterocycles. The number of aromatic nitrogens is 2. The van der Waals surface area contributed by atoms with Gasteiger partial charge in [0.2, 0.25) is 5.89 Å². The molecule has 1 heterocycles. The van der Waals surface area contributed by atoms with Gasteiger partial charge >= 0.3 is 0 Å². The number of nitrogens with zero attached hydrogens (tertiary/aromatic N) is 3. The lowest BCUT2D eigenvalue weighted by atomic mass is 10.1. The number of aryl methyl sites for hydroxylation is 1. The van der Waals surface area contributed by atoms with E-state index in [2.05, 4.69) is 32.7 Å². The van der Waals surface area contributed by atoms with Gasteiger partial charge in [-0.25, -0.2) is 0 Å². The fourth-order valence-corrected chi connectivity index (χ4v) is 2.65. The van der Waals surface area contributed by atoms with Crippen LogP contribution in [0.25, 0.3) is 0 Å². The Hall–Kier alpha value is -2.77. The van der Waals surface area contributed by atoms with Gasteiger partial charge in [-0.05, 0) is 52.3 Å². The Bertz CT molecular complexity index is 760. The fourth-order valence-electron chi connectivity index (χ4n) is 2.65. The number of hydrogen-bond acceptors (Lipinski definition) is 6. The maximum atomic E-state index is 5.73. The SMILES string of the molecule is CCNC(=NCCc1nc(C)no1)NC(C)c1ccc(OCC)c(OCC)c1. The molecule has 154 valence electrons. The molecule has 0 fully saturated rings. The summed E-state index contributed by atoms with van der Waals surface area (Å²) in [5.74, 6) is 3.48. The Kier molecular flexibility index (Phi) is 8.58. The molecular formula is C20H31N5O3. The second kappa shape index (κ2) is 11.2. The van der Waals surface area contributed by atoms with Crippen LogP contribution < -0.4 is 20.1 Å². The molecule has 0 spiro atoms. The van der Waals surface area contributed by atoms with Gasteiger partial charge in [-0.3, -0.25) is 4.99 Å². The highest BCUT2D eigenvalue weighted by Crippen LogP contribution is 2.30. The molecule has 0 aliphatic rings. The molecule has 1 unspecified atom stereocenters. The predicted octanol–water partition coefficient (Wildman–Crippen LogP) is 3.03. The van der Waals surface area contributed by atoms with Gasteiger partial charge in [0.05, 0.1) is 25.8 Å². The number of rotatable bonds is 10. The molecule has 0 aliphatic carbocycles. The number of ether oxygens (including phenoxy) is 2. The summed E-state index contributed by atoms with van der Waals surface area (Å²) in [6.07, 6.45) is 0.601. The number of benzene rings is 1. The van der Waals surface area contributed by atoms with Gasteiger partial charge in [0.25, 0.3) is 0 Å². The second-order valence-electron chi connectivity index (χ2n) is 6.18. The van der Waals surface area contributed by atoms with Gasteiger partial charge in [-0.1, -0.05) is 11.2 Å². The van der Waals surface area contributed by atoms with Gasteiger partial charge in [-0.2, -0.15) is 4.98 Å². The van der Waals surface area contributed by atoms with Crippen LogP contribution in [0.1, 0.15) is 51.0 Å². The summed E-state index contributed by atoms with van der Waals surface area (Å²) in [5, 5.41) is 10.5. The number of nitrogens with one attached hydrogen (secondary N) is 2. The average Bonchev–Trinajstić information content (AvgIpc) is 3.08. The molecule has 8 nitrogen and oxygen atoms in total. The van der Waals surface area contributed by atoms with E-state index in [1.54, 1.807) is 6.92 Å². The van der Waals surface area contributed by atoms with Crippen molar-refractivity contribution < 1.29 is 14.0 Å². The second-order valence-corrected chi connectivity index (χ2v) is 6.18. The monoisotopic (exact) mass is 389 g/mol. The van der Waals surface area contributed by atoms with Crippen LogP contribution in [0.5, 0.6) is 11.5 Å². The van der Waals surface area contributed by atoms with E-state index in [1.165, 1.54) is 0 Å². The normalized spacial score (nSPS) is 12.5. The quantitative estimate of drug-likeness (QED) is 0.476. The summed E-state index contributed by atoms with van der Waals surface area (Å²) in [7, 11) is 0. The van der Waals surface area contributed by atoms with Crippen LogP contribution >= 0.6 is 0 Å². The lowest BCUT2D eigenvalue weighted by molar-refractivity contribution is 0.287. The Morgan fingerprint density at radius 1 is 1.18 bits per heavy atom. The van der Waals surface area contributed by atoms with Gasteiger partial charge in [0, 0.05) is 13.0 Å². The number of hydrogen-bond donors (Lipinski definition) is 2. The van der Waals surface area contributed by atoms with Crippen molar-refractivity contribution in [3.05, 3.63) is 35.5 Å². The topological polar surface area (TPSA) is 93.8 Å². The van der Waals surface area contributed by atoms with Gasteiger partial charge in [0.15, 0.2) is 23.3 Å². The smallest absolute Gasteiger partial charge is 0.228 e. The Labute approximate surface area is 166 Å². The molecule has 8 heteroatoms. The third-order valence-electron chi connectivity index (χ3n) is 3.93. The summed E-state index contributed by atoms with van der Waals surface area (Å²) >= 11 is 0. The molecule has 1 aromatic heterocycles. The molecule has 28 heavy (non-hydrogen) atoms. The Morgan fingerprint density at radius 2 is 1.93 bits per heavy atom. The van der Waals surface area contributed by atoms with Crippen LogP contribution in [0.15, 0.2) is 27.7 Å². The highest BCUT2D eigenvalue weighted by Gasteiger charge is 2.12. The molecule has 0 radical (unpaired) electrons. The first-order valence-electron chi connectivity index (χ1n) is 9.80. The average molecular weight is 390 g/mol. The zero-order valence-corrected chi connectivity index (χ0v) is 17.4. The Morgan fingerprint density at radius 3 is 2.57 bits per heavy atom. The molecule has 1 aromatic carbocycles. The van der Waals surface area contributed by atoms with Crippen LogP contribution in [0.3, 0.4) is 0 Å². The highest BCUT2D eigenvalue weighted by atomic mass is 16.5. The largest absolute Gasteiger partial charge is 0.490 e. The minimum Gasteiger partial charge on any atom is -0.490 e. The van der Waals surface area contributed by atoms with Gasteiger partial charge < -0.3 is 24.6 Å².